The van der Waals surface area contributed by atoms with Gasteiger partial charge in [0.15, 0.2) is 0 Å². The number of anilines is 2. The minimum absolute atomic E-state index is 0.184. The molecule has 24 heavy (non-hydrogen) atoms. The first-order valence-electron chi connectivity index (χ1n) is 8.03. The van der Waals surface area contributed by atoms with Crippen LogP contribution in [0.25, 0.3) is 11.3 Å². The summed E-state index contributed by atoms with van der Waals surface area (Å²) in [4.78, 5) is 8.29. The van der Waals surface area contributed by atoms with Gasteiger partial charge in [0.25, 0.3) is 0 Å². The number of aromatic nitrogens is 5. The van der Waals surface area contributed by atoms with Gasteiger partial charge in [-0.2, -0.15) is 4.98 Å². The molecule has 0 atom stereocenters. The van der Waals surface area contributed by atoms with Gasteiger partial charge in [-0.15, -0.1) is 5.10 Å². The number of aryl methyl sites for hydroxylation is 3. The maximum atomic E-state index is 6.01. The molecule has 7 heteroatoms. The zero-order valence-electron chi connectivity index (χ0n) is 13.7. The van der Waals surface area contributed by atoms with E-state index in [1.165, 1.54) is 5.56 Å². The van der Waals surface area contributed by atoms with Crippen LogP contribution in [-0.2, 0) is 19.4 Å². The van der Waals surface area contributed by atoms with Crippen molar-refractivity contribution in [3.8, 4) is 11.3 Å². The zero-order chi connectivity index (χ0) is 16.9. The molecule has 0 spiro atoms. The summed E-state index contributed by atoms with van der Waals surface area (Å²) in [7, 11) is 0. The van der Waals surface area contributed by atoms with Crippen molar-refractivity contribution in [1.82, 2.24) is 25.0 Å². The lowest BCUT2D eigenvalue weighted by Gasteiger charge is -2.07. The Morgan fingerprint density at radius 1 is 1.08 bits per heavy atom. The summed E-state index contributed by atoms with van der Waals surface area (Å²) in [6.45, 7) is 2.79. The Labute approximate surface area is 140 Å². The summed E-state index contributed by atoms with van der Waals surface area (Å²) < 4.78 is 1.83. The molecule has 0 fully saturated rings. The fourth-order valence-electron chi connectivity index (χ4n) is 2.69. The van der Waals surface area contributed by atoms with Gasteiger partial charge in [0.1, 0.15) is 11.5 Å². The summed E-state index contributed by atoms with van der Waals surface area (Å²) >= 11 is 0. The minimum Gasteiger partial charge on any atom is -0.383 e. The minimum atomic E-state index is 0.184. The summed E-state index contributed by atoms with van der Waals surface area (Å²) in [6, 6.07) is 10.4. The number of nitrogen functional groups attached to an aromatic ring is 2. The van der Waals surface area contributed by atoms with Crippen molar-refractivity contribution < 1.29 is 0 Å². The molecule has 0 unspecified atom stereocenters. The molecule has 0 aliphatic carbocycles. The fraction of sp³-hybridized carbons (Fsp3) is 0.294. The van der Waals surface area contributed by atoms with Crippen molar-refractivity contribution in [2.24, 2.45) is 0 Å². The maximum absolute atomic E-state index is 6.01. The average Bonchev–Trinajstić information content (AvgIpc) is 3.03. The number of benzene rings is 1. The van der Waals surface area contributed by atoms with Gasteiger partial charge in [0, 0.05) is 6.54 Å². The number of nitrogens with two attached hydrogens (primary N) is 2. The van der Waals surface area contributed by atoms with Crippen LogP contribution in [0.15, 0.2) is 36.5 Å². The molecular formula is C17H21N7. The van der Waals surface area contributed by atoms with E-state index in [-0.39, 0.29) is 5.95 Å². The third kappa shape index (κ3) is 3.51. The van der Waals surface area contributed by atoms with Gasteiger partial charge in [0.05, 0.1) is 17.5 Å². The second kappa shape index (κ2) is 7.08. The van der Waals surface area contributed by atoms with Crippen LogP contribution in [0.2, 0.25) is 0 Å². The Bertz CT molecular complexity index is 811. The first kappa shape index (κ1) is 15.9. The Hall–Kier alpha value is -2.96. The molecule has 2 aromatic heterocycles. The molecule has 4 N–H and O–H groups in total. The van der Waals surface area contributed by atoms with Gasteiger partial charge < -0.3 is 11.5 Å². The molecule has 0 saturated carbocycles. The molecule has 0 aliphatic heterocycles. The van der Waals surface area contributed by atoms with Crippen molar-refractivity contribution in [3.63, 3.8) is 0 Å². The lowest BCUT2D eigenvalue weighted by atomic mass is 10.1. The molecule has 0 saturated heterocycles. The number of hydrogen-bond donors (Lipinski definition) is 2. The number of hydrogen-bond acceptors (Lipinski definition) is 6. The highest BCUT2D eigenvalue weighted by Crippen LogP contribution is 2.26. The summed E-state index contributed by atoms with van der Waals surface area (Å²) in [6.07, 6.45) is 4.58. The quantitative estimate of drug-likeness (QED) is 0.719. The van der Waals surface area contributed by atoms with E-state index in [1.807, 2.05) is 23.9 Å². The van der Waals surface area contributed by atoms with Crippen LogP contribution in [0.5, 0.6) is 0 Å². The van der Waals surface area contributed by atoms with Crippen molar-refractivity contribution in [3.05, 3.63) is 47.8 Å². The maximum Gasteiger partial charge on any atom is 0.222 e. The van der Waals surface area contributed by atoms with Gasteiger partial charge in [-0.25, -0.2) is 4.98 Å². The normalized spacial score (nSPS) is 10.9. The second-order valence-electron chi connectivity index (χ2n) is 5.60. The van der Waals surface area contributed by atoms with Crippen LogP contribution in [0.1, 0.15) is 24.6 Å². The third-order valence-electron chi connectivity index (χ3n) is 3.85. The van der Waals surface area contributed by atoms with Gasteiger partial charge in [-0.3, -0.25) is 4.68 Å². The Morgan fingerprint density at radius 3 is 2.62 bits per heavy atom. The summed E-state index contributed by atoms with van der Waals surface area (Å²) in [5.74, 6) is 0.527. The van der Waals surface area contributed by atoms with E-state index in [1.54, 1.807) is 0 Å². The molecule has 124 valence electrons. The number of rotatable bonds is 6. The topological polar surface area (TPSA) is 109 Å². The van der Waals surface area contributed by atoms with E-state index in [9.17, 15) is 0 Å². The molecule has 0 amide bonds. The predicted octanol–water partition coefficient (Wildman–Crippen LogP) is 2.09. The first-order valence-corrected chi connectivity index (χ1v) is 8.03. The lowest BCUT2D eigenvalue weighted by Crippen LogP contribution is -2.06. The average molecular weight is 323 g/mol. The van der Waals surface area contributed by atoms with Gasteiger partial charge in [-0.1, -0.05) is 42.5 Å². The highest BCUT2D eigenvalue weighted by atomic mass is 15.4. The van der Waals surface area contributed by atoms with Crippen molar-refractivity contribution in [2.45, 2.75) is 32.7 Å². The van der Waals surface area contributed by atoms with Crippen LogP contribution >= 0.6 is 0 Å². The Balaban J connectivity index is 1.72. The fourth-order valence-corrected chi connectivity index (χ4v) is 2.69. The third-order valence-corrected chi connectivity index (χ3v) is 3.85. The molecule has 0 bridgehead atoms. The molecule has 0 radical (unpaired) electrons. The number of nitrogens with zero attached hydrogens (tertiary/aromatic N) is 5. The van der Waals surface area contributed by atoms with E-state index >= 15 is 0 Å². The van der Waals surface area contributed by atoms with Crippen molar-refractivity contribution in [2.75, 3.05) is 11.5 Å². The smallest absolute Gasteiger partial charge is 0.222 e. The zero-order valence-corrected chi connectivity index (χ0v) is 13.7. The molecule has 0 aliphatic rings. The highest BCUT2D eigenvalue weighted by Gasteiger charge is 2.15. The molecule has 3 rings (SSSR count). The lowest BCUT2D eigenvalue weighted by molar-refractivity contribution is 0.559. The largest absolute Gasteiger partial charge is 0.383 e. The van der Waals surface area contributed by atoms with Crippen molar-refractivity contribution in [1.29, 1.82) is 0 Å². The monoisotopic (exact) mass is 323 g/mol. The van der Waals surface area contributed by atoms with Crippen LogP contribution < -0.4 is 11.5 Å². The standard InChI is InChI=1S/C17H21N7/c1-2-13-15(16(18)21-17(19)20-13)14-11-24(23-22-14)10-6-9-12-7-4-3-5-8-12/h3-5,7-8,11H,2,6,9-10H2,1H3,(H4,18,19,20,21). The van der Waals surface area contributed by atoms with E-state index in [0.29, 0.717) is 17.9 Å². The van der Waals surface area contributed by atoms with Crippen LogP contribution in [0.4, 0.5) is 11.8 Å². The molecular weight excluding hydrogens is 302 g/mol. The van der Waals surface area contributed by atoms with Gasteiger partial charge >= 0.3 is 0 Å². The van der Waals surface area contributed by atoms with Crippen LogP contribution in [0, 0.1) is 0 Å². The van der Waals surface area contributed by atoms with Crippen LogP contribution in [0.3, 0.4) is 0 Å². The first-order chi connectivity index (χ1) is 11.7. The Morgan fingerprint density at radius 2 is 1.88 bits per heavy atom. The summed E-state index contributed by atoms with van der Waals surface area (Å²) in [5, 5.41) is 8.41. The molecule has 7 nitrogen and oxygen atoms in total. The van der Waals surface area contributed by atoms with E-state index in [0.717, 1.165) is 30.6 Å². The second-order valence-corrected chi connectivity index (χ2v) is 5.60. The SMILES string of the molecule is CCc1nc(N)nc(N)c1-c1cn(CCCc2ccccc2)nn1. The summed E-state index contributed by atoms with van der Waals surface area (Å²) in [5.41, 5.74) is 15.2. The van der Waals surface area contributed by atoms with Crippen LogP contribution in [-0.4, -0.2) is 25.0 Å². The van der Waals surface area contributed by atoms with E-state index in [4.69, 9.17) is 11.5 Å². The van der Waals surface area contributed by atoms with Gasteiger partial charge in [0.2, 0.25) is 5.95 Å². The predicted molar refractivity (Wildman–Crippen MR) is 94.0 cm³/mol. The Kier molecular flexibility index (Phi) is 4.69. The highest BCUT2D eigenvalue weighted by molar-refractivity contribution is 5.73. The van der Waals surface area contributed by atoms with E-state index < -0.39 is 0 Å². The molecule has 3 aromatic rings. The molecule has 2 heterocycles. The molecule has 1 aromatic carbocycles. The van der Waals surface area contributed by atoms with Crippen molar-refractivity contribution >= 4 is 11.8 Å². The van der Waals surface area contributed by atoms with E-state index in [2.05, 4.69) is 44.5 Å². The van der Waals surface area contributed by atoms with Gasteiger partial charge in [-0.05, 0) is 24.8 Å².